The molecule has 2 fully saturated rings. The number of benzene rings is 1. The maximum Gasteiger partial charge on any atom is 0.345 e. The van der Waals surface area contributed by atoms with E-state index in [0.717, 1.165) is 5.56 Å². The third kappa shape index (κ3) is 3.50. The Labute approximate surface area is 164 Å². The van der Waals surface area contributed by atoms with E-state index < -0.39 is 24.2 Å². The predicted octanol–water partition coefficient (Wildman–Crippen LogP) is 3.18. The number of aliphatic hydroxyl groups is 1. The predicted molar refractivity (Wildman–Crippen MR) is 103 cm³/mol. The highest BCUT2D eigenvalue weighted by atomic mass is 19.3. The molecule has 28 heavy (non-hydrogen) atoms. The summed E-state index contributed by atoms with van der Waals surface area (Å²) < 4.78 is 30.0. The summed E-state index contributed by atoms with van der Waals surface area (Å²) in [6, 6.07) is 6.29. The van der Waals surface area contributed by atoms with E-state index in [1.54, 1.807) is 4.90 Å². The van der Waals surface area contributed by atoms with Crippen molar-refractivity contribution in [2.75, 3.05) is 14.1 Å². The number of ether oxygens (including phenoxy) is 1. The van der Waals surface area contributed by atoms with Crippen LogP contribution in [0.4, 0.5) is 8.78 Å². The fourth-order valence-electron chi connectivity index (χ4n) is 4.90. The van der Waals surface area contributed by atoms with Gasteiger partial charge in [-0.1, -0.05) is 18.2 Å². The molecule has 3 aliphatic carbocycles. The summed E-state index contributed by atoms with van der Waals surface area (Å²) in [6.45, 7) is -2.81. The molecule has 4 rings (SSSR count). The van der Waals surface area contributed by atoms with Crippen LogP contribution in [-0.4, -0.2) is 48.9 Å². The molecular weight excluding hydrogens is 364 g/mol. The lowest BCUT2D eigenvalue weighted by molar-refractivity contribution is -0.190. The third-order valence-electron chi connectivity index (χ3n) is 6.67. The molecule has 5 nitrogen and oxygen atoms in total. The molecule has 0 amide bonds. The molecule has 0 aliphatic heterocycles. The van der Waals surface area contributed by atoms with Crippen molar-refractivity contribution >= 4 is 5.96 Å². The molecule has 2 saturated carbocycles. The number of hydrogen-bond acceptors (Lipinski definition) is 3. The van der Waals surface area contributed by atoms with E-state index in [-0.39, 0.29) is 12.5 Å². The monoisotopic (exact) mass is 393 g/mol. The molecular formula is C21H29F2N3O2. The van der Waals surface area contributed by atoms with Crippen molar-refractivity contribution in [1.82, 2.24) is 4.90 Å². The van der Waals surface area contributed by atoms with Gasteiger partial charge >= 0.3 is 6.61 Å². The highest BCUT2D eigenvalue weighted by molar-refractivity contribution is 5.78. The summed E-state index contributed by atoms with van der Waals surface area (Å²) in [5.41, 5.74) is 9.27. The number of aliphatic imine (C=N–C) groups is 1. The second-order valence-corrected chi connectivity index (χ2v) is 8.74. The Hall–Kier alpha value is -1.73. The van der Waals surface area contributed by atoms with Crippen molar-refractivity contribution in [2.45, 2.75) is 69.3 Å². The maximum absolute atomic E-state index is 12.6. The van der Waals surface area contributed by atoms with Crippen LogP contribution in [0.1, 0.15) is 60.8 Å². The molecule has 0 bridgehead atoms. The Morgan fingerprint density at radius 3 is 2.68 bits per heavy atom. The Kier molecular flexibility index (Phi) is 5.08. The van der Waals surface area contributed by atoms with E-state index in [0.29, 0.717) is 31.1 Å². The molecule has 1 aromatic rings. The Morgan fingerprint density at radius 1 is 1.32 bits per heavy atom. The molecule has 0 heterocycles. The average Bonchev–Trinajstić information content (AvgIpc) is 3.43. The fourth-order valence-corrected chi connectivity index (χ4v) is 4.90. The molecule has 7 heteroatoms. The Bertz CT molecular complexity index is 766. The number of alkyl halides is 2. The number of nitrogens with zero attached hydrogens (tertiary/aromatic N) is 2. The number of halogens is 2. The summed E-state index contributed by atoms with van der Waals surface area (Å²) in [4.78, 5) is 6.58. The summed E-state index contributed by atoms with van der Waals surface area (Å²) in [5, 5.41) is 11.1. The van der Waals surface area contributed by atoms with Crippen molar-refractivity contribution in [3.8, 4) is 0 Å². The fraction of sp³-hybridized carbons (Fsp3) is 0.667. The molecule has 0 radical (unpaired) electrons. The van der Waals surface area contributed by atoms with E-state index in [9.17, 15) is 13.9 Å². The number of rotatable bonds is 4. The molecule has 154 valence electrons. The normalized spacial score (nSPS) is 32.8. The maximum atomic E-state index is 12.6. The Balaban J connectivity index is 1.69. The molecule has 2 unspecified atom stereocenters. The first kappa shape index (κ1) is 19.6. The minimum atomic E-state index is -2.81. The first-order chi connectivity index (χ1) is 13.3. The molecule has 1 spiro atoms. The van der Waals surface area contributed by atoms with Gasteiger partial charge in [0, 0.05) is 25.9 Å². The lowest BCUT2D eigenvalue weighted by Gasteiger charge is -2.44. The van der Waals surface area contributed by atoms with Crippen LogP contribution in [0.2, 0.25) is 0 Å². The van der Waals surface area contributed by atoms with Crippen LogP contribution in [0.3, 0.4) is 0 Å². The van der Waals surface area contributed by atoms with Crippen molar-refractivity contribution in [2.24, 2.45) is 16.1 Å². The highest BCUT2D eigenvalue weighted by Gasteiger charge is 2.54. The van der Waals surface area contributed by atoms with Crippen LogP contribution in [0.25, 0.3) is 0 Å². The van der Waals surface area contributed by atoms with Gasteiger partial charge in [0.15, 0.2) is 5.96 Å². The highest BCUT2D eigenvalue weighted by Crippen LogP contribution is 2.57. The molecule has 4 atom stereocenters. The van der Waals surface area contributed by atoms with Crippen LogP contribution in [-0.2, 0) is 11.2 Å². The van der Waals surface area contributed by atoms with Gasteiger partial charge in [-0.05, 0) is 54.7 Å². The summed E-state index contributed by atoms with van der Waals surface area (Å²) >= 11 is 0. The second kappa shape index (κ2) is 7.26. The summed E-state index contributed by atoms with van der Waals surface area (Å²) in [5.74, 6) is 1.03. The lowest BCUT2D eigenvalue weighted by Crippen LogP contribution is -2.46. The molecule has 3 N–H and O–H groups in total. The number of fused-ring (bicyclic) bond motifs is 1. The largest absolute Gasteiger partial charge is 0.392 e. The Morgan fingerprint density at radius 2 is 2.07 bits per heavy atom. The van der Waals surface area contributed by atoms with Gasteiger partial charge in [-0.25, -0.2) is 4.99 Å². The molecule has 0 saturated heterocycles. The first-order valence-electron chi connectivity index (χ1n) is 10.0. The van der Waals surface area contributed by atoms with E-state index in [2.05, 4.69) is 18.2 Å². The number of nitrogens with two attached hydrogens (primary N) is 1. The first-order valence-corrected chi connectivity index (χ1v) is 10.0. The number of guanidine groups is 1. The van der Waals surface area contributed by atoms with Gasteiger partial charge in [0.1, 0.15) is 0 Å². The van der Waals surface area contributed by atoms with Gasteiger partial charge in [0.2, 0.25) is 0 Å². The van der Waals surface area contributed by atoms with E-state index >= 15 is 0 Å². The zero-order valence-corrected chi connectivity index (χ0v) is 16.4. The lowest BCUT2D eigenvalue weighted by atomic mass is 9.66. The minimum Gasteiger partial charge on any atom is -0.392 e. The van der Waals surface area contributed by atoms with Crippen LogP contribution >= 0.6 is 0 Å². The minimum absolute atomic E-state index is 0.196. The van der Waals surface area contributed by atoms with E-state index in [1.807, 2.05) is 14.1 Å². The quantitative estimate of drug-likeness (QED) is 0.609. The van der Waals surface area contributed by atoms with Crippen LogP contribution in [0.15, 0.2) is 23.2 Å². The van der Waals surface area contributed by atoms with Crippen LogP contribution < -0.4 is 5.73 Å². The molecule has 1 aromatic carbocycles. The average molecular weight is 393 g/mol. The number of hydrogen-bond donors (Lipinski definition) is 2. The number of aliphatic hydroxyl groups excluding tert-OH is 1. The van der Waals surface area contributed by atoms with Gasteiger partial charge in [0.25, 0.3) is 0 Å². The van der Waals surface area contributed by atoms with Gasteiger partial charge in [0.05, 0.1) is 18.2 Å². The van der Waals surface area contributed by atoms with E-state index in [4.69, 9.17) is 15.5 Å². The van der Waals surface area contributed by atoms with Crippen LogP contribution in [0.5, 0.6) is 0 Å². The summed E-state index contributed by atoms with van der Waals surface area (Å²) in [6.07, 6.45) is 2.98. The van der Waals surface area contributed by atoms with E-state index in [1.165, 1.54) is 24.0 Å². The topological polar surface area (TPSA) is 71.1 Å². The zero-order valence-electron chi connectivity index (χ0n) is 16.4. The van der Waals surface area contributed by atoms with Crippen molar-refractivity contribution in [3.05, 3.63) is 34.9 Å². The second-order valence-electron chi connectivity index (χ2n) is 8.74. The van der Waals surface area contributed by atoms with Gasteiger partial charge in [-0.3, -0.25) is 0 Å². The molecule has 0 aromatic heterocycles. The third-order valence-corrected chi connectivity index (χ3v) is 6.67. The van der Waals surface area contributed by atoms with Gasteiger partial charge in [-0.2, -0.15) is 8.78 Å². The van der Waals surface area contributed by atoms with Crippen LogP contribution in [0, 0.1) is 5.41 Å². The van der Waals surface area contributed by atoms with Gasteiger partial charge in [-0.15, -0.1) is 0 Å². The van der Waals surface area contributed by atoms with Crippen molar-refractivity contribution < 1.29 is 18.6 Å². The smallest absolute Gasteiger partial charge is 0.345 e. The van der Waals surface area contributed by atoms with Crippen molar-refractivity contribution in [1.29, 1.82) is 0 Å². The SMILES string of the molecule is CN(C)C(N)=NC1c2cc(C3CC3)ccc2C[C@]12CC[C@@H](OC(F)F)CC2O. The standard InChI is InChI=1S/C21H29F2N3O2/c1-26(2)20(24)25-18-16-9-13(12-3-4-12)5-6-14(16)11-21(18)8-7-15(10-17(21)27)28-19(22)23/h5-6,9,12,15,17-19,27H,3-4,7-8,10-11H2,1-2H3,(H2,24,25)/t15-,17?,18?,21+/m1/s1. The zero-order chi connectivity index (χ0) is 20.1. The molecule has 3 aliphatic rings. The van der Waals surface area contributed by atoms with Gasteiger partial charge < -0.3 is 20.5 Å². The van der Waals surface area contributed by atoms with Crippen molar-refractivity contribution in [3.63, 3.8) is 0 Å². The summed E-state index contributed by atoms with van der Waals surface area (Å²) in [7, 11) is 3.68.